The monoisotopic (exact) mass is 1080 g/mol. The highest BCUT2D eigenvalue weighted by Gasteiger charge is 2.26. The molecule has 0 bridgehead atoms. The van der Waals surface area contributed by atoms with Crippen LogP contribution in [0.2, 0.25) is 0 Å². The largest absolute Gasteiger partial charge is 0.472 e. The van der Waals surface area contributed by atoms with Gasteiger partial charge in [-0.2, -0.15) is 0 Å². The third kappa shape index (κ3) is 60.2. The maximum Gasteiger partial charge on any atom is 0.472 e. The number of carbonyl (C=O) groups is 2. The molecule has 0 saturated heterocycles. The Morgan fingerprint density at radius 1 is 0.408 bits per heavy atom. The zero-order chi connectivity index (χ0) is 55.2. The topological polar surface area (TPSA) is 134 Å². The summed E-state index contributed by atoms with van der Waals surface area (Å²) in [5.74, 6) is -0.821. The number of carbonyl (C=O) groups excluding carboxylic acids is 2. The summed E-state index contributed by atoms with van der Waals surface area (Å²) in [5, 5.41) is 0. The molecule has 0 heterocycles. The Morgan fingerprint density at radius 2 is 0.724 bits per heavy atom. The van der Waals surface area contributed by atoms with Crippen molar-refractivity contribution in [1.29, 1.82) is 0 Å². The second-order valence-corrected chi connectivity index (χ2v) is 22.0. The highest BCUT2D eigenvalue weighted by molar-refractivity contribution is 7.47. The number of unbranched alkanes of at least 4 members (excludes halogenated alkanes) is 29. The third-order valence-electron chi connectivity index (χ3n) is 13.2. The van der Waals surface area contributed by atoms with Crippen molar-refractivity contribution in [2.45, 2.75) is 283 Å². The molecule has 0 rings (SSSR count). The summed E-state index contributed by atoms with van der Waals surface area (Å²) in [7, 11) is -4.39. The molecule has 0 aliphatic carbocycles. The normalized spacial score (nSPS) is 13.7. The highest BCUT2D eigenvalue weighted by atomic mass is 31.2. The summed E-state index contributed by atoms with van der Waals surface area (Å²) in [6, 6.07) is 0. The van der Waals surface area contributed by atoms with E-state index < -0.39 is 26.5 Å². The summed E-state index contributed by atoms with van der Waals surface area (Å²) < 4.78 is 33.0. The van der Waals surface area contributed by atoms with Gasteiger partial charge in [0.05, 0.1) is 13.2 Å². The second-order valence-electron chi connectivity index (χ2n) is 20.6. The van der Waals surface area contributed by atoms with Crippen molar-refractivity contribution in [3.63, 3.8) is 0 Å². The Kier molecular flexibility index (Phi) is 58.7. The molecule has 0 amide bonds. The first-order valence-corrected chi connectivity index (χ1v) is 32.7. The SMILES string of the molecule is CC/C=C\C/C=C\C/C=C\C/C=C\C/C=C\C/C=C\C/C=C\C/C=C\CCCCCCCCCCCCCCCCC(=O)OC(COC(=O)CCCCCCCCCCCCCCCCCC)COP(=O)(O)OCCN. The molecule has 0 fully saturated rings. The van der Waals surface area contributed by atoms with Crippen LogP contribution in [0.3, 0.4) is 0 Å². The lowest BCUT2D eigenvalue weighted by Gasteiger charge is -2.19. The van der Waals surface area contributed by atoms with Crippen LogP contribution in [0.15, 0.2) is 97.2 Å². The van der Waals surface area contributed by atoms with Gasteiger partial charge in [-0.1, -0.05) is 284 Å². The standard InChI is InChI=1S/C66H116NO8P/c1-3-5-7-9-11-13-15-17-19-21-22-23-24-25-26-27-28-29-30-31-32-33-34-35-36-37-38-39-40-41-42-43-45-47-49-51-53-55-57-59-66(69)75-64(63-74-76(70,71)73-61-60-67)62-72-65(68)58-56-54-52-50-48-46-44-20-18-16-14-12-10-8-6-4-2/h5,7,11,13,17,19,22-23,25-26,28-29,31-32,34-35,64H,3-4,6,8-10,12,14-16,18,20-21,24,27,30,33,36-63,67H2,1-2H3,(H,70,71)/b7-5-,13-11-,19-17-,23-22-,26-25-,29-28-,32-31-,35-34-. The molecule has 3 N–H and O–H groups in total. The third-order valence-corrected chi connectivity index (χ3v) is 14.2. The maximum absolute atomic E-state index is 12.7. The Hall–Kier alpha value is -3.07. The van der Waals surface area contributed by atoms with Gasteiger partial charge in [0.1, 0.15) is 6.61 Å². The predicted molar refractivity (Wildman–Crippen MR) is 325 cm³/mol. The molecular weight excluding hydrogens is 966 g/mol. The predicted octanol–water partition coefficient (Wildman–Crippen LogP) is 20.0. The van der Waals surface area contributed by atoms with Gasteiger partial charge in [-0.05, 0) is 77.0 Å². The summed E-state index contributed by atoms with van der Waals surface area (Å²) in [6.07, 6.45) is 81.9. The lowest BCUT2D eigenvalue weighted by atomic mass is 10.0. The highest BCUT2D eigenvalue weighted by Crippen LogP contribution is 2.43. The van der Waals surface area contributed by atoms with Crippen LogP contribution in [-0.4, -0.2) is 49.3 Å². The molecule has 9 nitrogen and oxygen atoms in total. The summed E-state index contributed by atoms with van der Waals surface area (Å²) in [4.78, 5) is 35.2. The van der Waals surface area contributed by atoms with Crippen LogP contribution in [0.4, 0.5) is 0 Å². The zero-order valence-corrected chi connectivity index (χ0v) is 49.9. The smallest absolute Gasteiger partial charge is 0.462 e. The molecule has 0 radical (unpaired) electrons. The quantitative estimate of drug-likeness (QED) is 0.0264. The molecule has 0 aliphatic heterocycles. The van der Waals surface area contributed by atoms with Crippen molar-refractivity contribution < 1.29 is 37.6 Å². The average molecular weight is 1080 g/mol. The van der Waals surface area contributed by atoms with E-state index in [1.807, 2.05) is 0 Å². The lowest BCUT2D eigenvalue weighted by Crippen LogP contribution is -2.29. The van der Waals surface area contributed by atoms with Gasteiger partial charge < -0.3 is 20.1 Å². The molecule has 0 aliphatic rings. The minimum Gasteiger partial charge on any atom is -0.462 e. The van der Waals surface area contributed by atoms with E-state index in [-0.39, 0.29) is 38.6 Å². The number of phosphoric ester groups is 1. The number of allylic oxidation sites excluding steroid dienone is 16. The minimum atomic E-state index is -4.39. The van der Waals surface area contributed by atoms with Crippen LogP contribution in [0.25, 0.3) is 0 Å². The first kappa shape index (κ1) is 72.9. The molecule has 2 atom stereocenters. The number of rotatable bonds is 58. The maximum atomic E-state index is 12.7. The summed E-state index contributed by atoms with van der Waals surface area (Å²) >= 11 is 0. The van der Waals surface area contributed by atoms with E-state index >= 15 is 0 Å². The van der Waals surface area contributed by atoms with Gasteiger partial charge in [-0.25, -0.2) is 4.57 Å². The number of hydrogen-bond acceptors (Lipinski definition) is 8. The van der Waals surface area contributed by atoms with Gasteiger partial charge in [0.15, 0.2) is 6.10 Å². The van der Waals surface area contributed by atoms with E-state index in [0.29, 0.717) is 6.42 Å². The van der Waals surface area contributed by atoms with Crippen LogP contribution in [0, 0.1) is 0 Å². The van der Waals surface area contributed by atoms with Gasteiger partial charge in [0.2, 0.25) is 0 Å². The van der Waals surface area contributed by atoms with Crippen molar-refractivity contribution in [2.24, 2.45) is 5.73 Å². The van der Waals surface area contributed by atoms with Crippen molar-refractivity contribution in [3.8, 4) is 0 Å². The minimum absolute atomic E-state index is 0.0521. The average Bonchev–Trinajstić information content (AvgIpc) is 3.41. The van der Waals surface area contributed by atoms with Gasteiger partial charge >= 0.3 is 19.8 Å². The number of phosphoric acid groups is 1. The fraction of sp³-hybridized carbons (Fsp3) is 0.727. The van der Waals surface area contributed by atoms with E-state index in [1.54, 1.807) is 0 Å². The van der Waals surface area contributed by atoms with Crippen LogP contribution < -0.4 is 5.73 Å². The summed E-state index contributed by atoms with van der Waals surface area (Å²) in [5.41, 5.74) is 5.38. The number of nitrogens with two attached hydrogens (primary N) is 1. The first-order valence-electron chi connectivity index (χ1n) is 31.2. The molecule has 76 heavy (non-hydrogen) atoms. The Morgan fingerprint density at radius 3 is 1.08 bits per heavy atom. The molecule has 2 unspecified atom stereocenters. The fourth-order valence-electron chi connectivity index (χ4n) is 8.65. The number of hydrogen-bond donors (Lipinski definition) is 2. The molecule has 0 aromatic rings. The Balaban J connectivity index is 3.89. The molecule has 10 heteroatoms. The van der Waals surface area contributed by atoms with Crippen LogP contribution in [0.1, 0.15) is 277 Å². The number of esters is 2. The van der Waals surface area contributed by atoms with Crippen molar-refractivity contribution in [3.05, 3.63) is 97.2 Å². The fourth-order valence-corrected chi connectivity index (χ4v) is 9.42. The van der Waals surface area contributed by atoms with Gasteiger partial charge in [-0.3, -0.25) is 18.6 Å². The zero-order valence-electron chi connectivity index (χ0n) is 49.0. The molecule has 0 spiro atoms. The molecular formula is C66H116NO8P. The second kappa shape index (κ2) is 61.1. The Bertz CT molecular complexity index is 1560. The Labute approximate surface area is 467 Å². The molecule has 0 aromatic heterocycles. The van der Waals surface area contributed by atoms with Crippen LogP contribution in [0.5, 0.6) is 0 Å². The van der Waals surface area contributed by atoms with Crippen molar-refractivity contribution in [1.82, 2.24) is 0 Å². The van der Waals surface area contributed by atoms with E-state index in [4.69, 9.17) is 24.3 Å². The van der Waals surface area contributed by atoms with Gasteiger partial charge in [0.25, 0.3) is 0 Å². The van der Waals surface area contributed by atoms with Gasteiger partial charge in [0, 0.05) is 19.4 Å². The number of ether oxygens (including phenoxy) is 2. The van der Waals surface area contributed by atoms with Crippen molar-refractivity contribution >= 4 is 19.8 Å². The molecule has 438 valence electrons. The van der Waals surface area contributed by atoms with Gasteiger partial charge in [-0.15, -0.1) is 0 Å². The van der Waals surface area contributed by atoms with E-state index in [2.05, 4.69) is 111 Å². The molecule has 0 saturated carbocycles. The van der Waals surface area contributed by atoms with Crippen LogP contribution in [-0.2, 0) is 32.7 Å². The van der Waals surface area contributed by atoms with E-state index in [9.17, 15) is 19.0 Å². The van der Waals surface area contributed by atoms with Crippen molar-refractivity contribution in [2.75, 3.05) is 26.4 Å². The van der Waals surface area contributed by atoms with E-state index in [0.717, 1.165) is 89.9 Å². The first-order chi connectivity index (χ1) is 37.3. The van der Waals surface area contributed by atoms with Crippen LogP contribution >= 0.6 is 7.82 Å². The summed E-state index contributed by atoms with van der Waals surface area (Å²) in [6.45, 7) is 3.65. The lowest BCUT2D eigenvalue weighted by molar-refractivity contribution is -0.161. The van der Waals surface area contributed by atoms with E-state index in [1.165, 1.54) is 154 Å². The molecule has 0 aromatic carbocycles.